The molecule has 0 atom stereocenters. The van der Waals surface area contributed by atoms with Crippen LogP contribution in [0.5, 0.6) is 0 Å². The van der Waals surface area contributed by atoms with Gasteiger partial charge in [0.05, 0.1) is 6.61 Å². The van der Waals surface area contributed by atoms with Crippen LogP contribution in [0.25, 0.3) is 0 Å². The first-order chi connectivity index (χ1) is 6.36. The highest BCUT2D eigenvalue weighted by molar-refractivity contribution is 5.75. The van der Waals surface area contributed by atoms with E-state index in [1.807, 2.05) is 0 Å². The maximum atomic E-state index is 11.6. The molecular weight excluding hydrogens is 166 g/mol. The minimum absolute atomic E-state index is 0.199. The molecule has 0 spiro atoms. The van der Waals surface area contributed by atoms with E-state index >= 15 is 0 Å². The van der Waals surface area contributed by atoms with Crippen LogP contribution >= 0.6 is 0 Å². The molecule has 0 bridgehead atoms. The number of carbonyl (C=O) groups is 1. The zero-order chi connectivity index (χ0) is 9.10. The molecule has 1 saturated heterocycles. The van der Waals surface area contributed by atoms with E-state index in [0.717, 1.165) is 26.0 Å². The van der Waals surface area contributed by atoms with Crippen molar-refractivity contribution in [3.63, 3.8) is 0 Å². The van der Waals surface area contributed by atoms with Crippen LogP contribution in [-0.2, 0) is 9.63 Å². The highest BCUT2D eigenvalue weighted by atomic mass is 16.7. The zero-order valence-electron chi connectivity index (χ0n) is 8.00. The molecule has 1 heterocycles. The van der Waals surface area contributed by atoms with Gasteiger partial charge in [0.25, 0.3) is 0 Å². The van der Waals surface area contributed by atoms with E-state index in [2.05, 4.69) is 0 Å². The topological polar surface area (TPSA) is 29.5 Å². The zero-order valence-corrected chi connectivity index (χ0v) is 8.00. The fourth-order valence-electron chi connectivity index (χ4n) is 1.84. The number of amides is 1. The Labute approximate surface area is 79.0 Å². The van der Waals surface area contributed by atoms with E-state index in [1.165, 1.54) is 19.3 Å². The van der Waals surface area contributed by atoms with Crippen molar-refractivity contribution in [2.75, 3.05) is 13.2 Å². The van der Waals surface area contributed by atoms with Crippen LogP contribution in [0.15, 0.2) is 0 Å². The lowest BCUT2D eigenvalue weighted by Gasteiger charge is -2.30. The Kier molecular flexibility index (Phi) is 2.83. The molecule has 3 heteroatoms. The molecule has 2 rings (SSSR count). The fourth-order valence-corrected chi connectivity index (χ4v) is 1.84. The Bertz CT molecular complexity index is 183. The number of carbonyl (C=O) groups excluding carboxylic acids is 1. The fraction of sp³-hybridized carbons (Fsp3) is 0.900. The van der Waals surface area contributed by atoms with Gasteiger partial charge in [-0.05, 0) is 31.6 Å². The monoisotopic (exact) mass is 183 g/mol. The Balaban J connectivity index is 1.74. The summed E-state index contributed by atoms with van der Waals surface area (Å²) in [5.74, 6) is 0.849. The van der Waals surface area contributed by atoms with Crippen LogP contribution in [0.4, 0.5) is 0 Å². The van der Waals surface area contributed by atoms with Gasteiger partial charge in [0.2, 0.25) is 5.91 Å². The third kappa shape index (κ3) is 2.21. The van der Waals surface area contributed by atoms with Crippen molar-refractivity contribution in [2.24, 2.45) is 5.92 Å². The van der Waals surface area contributed by atoms with Crippen LogP contribution in [0, 0.1) is 5.92 Å². The van der Waals surface area contributed by atoms with Crippen molar-refractivity contribution in [2.45, 2.75) is 38.5 Å². The van der Waals surface area contributed by atoms with E-state index in [4.69, 9.17) is 4.84 Å². The van der Waals surface area contributed by atoms with Gasteiger partial charge in [-0.25, -0.2) is 5.06 Å². The van der Waals surface area contributed by atoms with E-state index < -0.39 is 0 Å². The molecule has 0 aromatic heterocycles. The summed E-state index contributed by atoms with van der Waals surface area (Å²) >= 11 is 0. The summed E-state index contributed by atoms with van der Waals surface area (Å²) in [5.41, 5.74) is 0. The molecule has 13 heavy (non-hydrogen) atoms. The molecule has 0 N–H and O–H groups in total. The number of hydrogen-bond acceptors (Lipinski definition) is 2. The van der Waals surface area contributed by atoms with Gasteiger partial charge in [-0.2, -0.15) is 0 Å². The largest absolute Gasteiger partial charge is 0.273 e. The Morgan fingerprint density at radius 2 is 2.15 bits per heavy atom. The molecule has 2 aliphatic rings. The Morgan fingerprint density at radius 3 is 2.69 bits per heavy atom. The summed E-state index contributed by atoms with van der Waals surface area (Å²) < 4.78 is 0. The van der Waals surface area contributed by atoms with Crippen molar-refractivity contribution in [3.8, 4) is 0 Å². The predicted octanol–water partition coefficient (Wildman–Crippen LogP) is 1.73. The summed E-state index contributed by atoms with van der Waals surface area (Å²) in [6.45, 7) is 1.52. The maximum absolute atomic E-state index is 11.6. The first kappa shape index (κ1) is 9.00. The number of hydroxylamine groups is 2. The van der Waals surface area contributed by atoms with Gasteiger partial charge in [0, 0.05) is 13.0 Å². The molecule has 1 amide bonds. The summed E-state index contributed by atoms with van der Waals surface area (Å²) in [6, 6.07) is 0. The highest BCUT2D eigenvalue weighted by Crippen LogP contribution is 2.30. The summed E-state index contributed by atoms with van der Waals surface area (Å²) in [7, 11) is 0. The second-order valence-corrected chi connectivity index (χ2v) is 4.04. The van der Waals surface area contributed by atoms with Crippen LogP contribution in [-0.4, -0.2) is 24.1 Å². The van der Waals surface area contributed by atoms with E-state index in [1.54, 1.807) is 5.06 Å². The van der Waals surface area contributed by atoms with Crippen LogP contribution in [0.3, 0.4) is 0 Å². The van der Waals surface area contributed by atoms with Crippen LogP contribution < -0.4 is 0 Å². The van der Waals surface area contributed by atoms with Crippen molar-refractivity contribution in [1.82, 2.24) is 5.06 Å². The summed E-state index contributed by atoms with van der Waals surface area (Å²) in [5, 5.41) is 1.57. The van der Waals surface area contributed by atoms with E-state index in [9.17, 15) is 4.79 Å². The van der Waals surface area contributed by atoms with Crippen molar-refractivity contribution >= 4 is 5.91 Å². The lowest BCUT2D eigenvalue weighted by molar-refractivity contribution is -0.198. The molecule has 1 aliphatic carbocycles. The van der Waals surface area contributed by atoms with Gasteiger partial charge in [-0.3, -0.25) is 9.63 Å². The molecule has 2 fully saturated rings. The van der Waals surface area contributed by atoms with Gasteiger partial charge < -0.3 is 0 Å². The highest BCUT2D eigenvalue weighted by Gasteiger charge is 2.25. The standard InChI is InChI=1S/C10H17NO2/c12-10(8-9-4-3-5-9)11-6-1-2-7-13-11/h9H,1-8H2. The number of hydrogen-bond donors (Lipinski definition) is 0. The number of nitrogens with zero attached hydrogens (tertiary/aromatic N) is 1. The first-order valence-electron chi connectivity index (χ1n) is 5.29. The van der Waals surface area contributed by atoms with E-state index in [0.29, 0.717) is 12.3 Å². The predicted molar refractivity (Wildman–Crippen MR) is 48.9 cm³/mol. The van der Waals surface area contributed by atoms with Crippen molar-refractivity contribution in [3.05, 3.63) is 0 Å². The molecule has 74 valence electrons. The lowest BCUT2D eigenvalue weighted by Crippen LogP contribution is -2.37. The first-order valence-corrected chi connectivity index (χ1v) is 5.29. The molecule has 0 aromatic carbocycles. The van der Waals surface area contributed by atoms with Crippen molar-refractivity contribution < 1.29 is 9.63 Å². The molecule has 0 unspecified atom stereocenters. The summed E-state index contributed by atoms with van der Waals surface area (Å²) in [4.78, 5) is 16.9. The number of rotatable bonds is 2. The van der Waals surface area contributed by atoms with Gasteiger partial charge in [0.15, 0.2) is 0 Å². The normalized spacial score (nSPS) is 24.2. The minimum Gasteiger partial charge on any atom is -0.273 e. The Morgan fingerprint density at radius 1 is 1.31 bits per heavy atom. The quantitative estimate of drug-likeness (QED) is 0.652. The third-order valence-electron chi connectivity index (χ3n) is 2.97. The van der Waals surface area contributed by atoms with Gasteiger partial charge in [-0.15, -0.1) is 0 Å². The smallest absolute Gasteiger partial charge is 0.246 e. The average Bonchev–Trinajstić information content (AvgIpc) is 2.12. The second kappa shape index (κ2) is 4.09. The molecule has 0 radical (unpaired) electrons. The SMILES string of the molecule is O=C(CC1CCC1)N1CCCCO1. The summed E-state index contributed by atoms with van der Waals surface area (Å²) in [6.07, 6.45) is 6.67. The third-order valence-corrected chi connectivity index (χ3v) is 2.97. The minimum atomic E-state index is 0.199. The second-order valence-electron chi connectivity index (χ2n) is 4.04. The Hall–Kier alpha value is -0.570. The molecule has 1 aliphatic heterocycles. The average molecular weight is 183 g/mol. The molecule has 0 aromatic rings. The van der Waals surface area contributed by atoms with Crippen LogP contribution in [0.1, 0.15) is 38.5 Å². The maximum Gasteiger partial charge on any atom is 0.246 e. The van der Waals surface area contributed by atoms with Crippen molar-refractivity contribution in [1.29, 1.82) is 0 Å². The van der Waals surface area contributed by atoms with Crippen LogP contribution in [0.2, 0.25) is 0 Å². The van der Waals surface area contributed by atoms with Gasteiger partial charge in [0.1, 0.15) is 0 Å². The molecule has 3 nitrogen and oxygen atoms in total. The molecule has 1 saturated carbocycles. The van der Waals surface area contributed by atoms with Gasteiger partial charge in [-0.1, -0.05) is 6.42 Å². The lowest BCUT2D eigenvalue weighted by atomic mass is 9.83. The van der Waals surface area contributed by atoms with Gasteiger partial charge >= 0.3 is 0 Å². The van der Waals surface area contributed by atoms with E-state index in [-0.39, 0.29) is 5.91 Å². The molecular formula is C10H17NO2.